The summed E-state index contributed by atoms with van der Waals surface area (Å²) in [5.41, 5.74) is 0.626. The molecule has 0 amide bonds. The van der Waals surface area contributed by atoms with Gasteiger partial charge in [0, 0.05) is 6.04 Å². The number of unbranched alkanes of at least 4 members (excludes halogenated alkanes) is 1. The van der Waals surface area contributed by atoms with E-state index < -0.39 is 0 Å². The molecule has 1 aliphatic carbocycles. The third-order valence-corrected chi connectivity index (χ3v) is 3.41. The van der Waals surface area contributed by atoms with Crippen molar-refractivity contribution in [3.8, 4) is 0 Å². The zero-order valence-electron chi connectivity index (χ0n) is 9.69. The van der Waals surface area contributed by atoms with Gasteiger partial charge in [-0.25, -0.2) is 0 Å². The van der Waals surface area contributed by atoms with E-state index in [0.29, 0.717) is 5.41 Å². The van der Waals surface area contributed by atoms with Gasteiger partial charge < -0.3 is 5.32 Å². The van der Waals surface area contributed by atoms with Crippen LogP contribution in [0.3, 0.4) is 0 Å². The Morgan fingerprint density at radius 2 is 2.00 bits per heavy atom. The zero-order chi connectivity index (χ0) is 9.90. The first-order valence-corrected chi connectivity index (χ1v) is 5.85. The van der Waals surface area contributed by atoms with Gasteiger partial charge in [0.1, 0.15) is 0 Å². The fourth-order valence-electron chi connectivity index (χ4n) is 2.33. The quantitative estimate of drug-likeness (QED) is 0.667. The summed E-state index contributed by atoms with van der Waals surface area (Å²) in [6, 6.07) is 0.792. The van der Waals surface area contributed by atoms with Crippen molar-refractivity contribution >= 4 is 0 Å². The summed E-state index contributed by atoms with van der Waals surface area (Å²) in [4.78, 5) is 0. The monoisotopic (exact) mass is 183 g/mol. The minimum Gasteiger partial charge on any atom is -0.314 e. The fraction of sp³-hybridized carbons (Fsp3) is 1.00. The molecule has 13 heavy (non-hydrogen) atoms. The van der Waals surface area contributed by atoms with Crippen LogP contribution in [0.5, 0.6) is 0 Å². The second-order valence-electron chi connectivity index (χ2n) is 5.11. The standard InChI is InChI=1S/C12H25N/c1-5-7-8-11(13-6-2)10-9-12(10,3)4/h10-11,13H,5-9H2,1-4H3. The van der Waals surface area contributed by atoms with Gasteiger partial charge in [-0.1, -0.05) is 40.5 Å². The van der Waals surface area contributed by atoms with Gasteiger partial charge in [0.15, 0.2) is 0 Å². The minimum absolute atomic E-state index is 0.626. The highest BCUT2D eigenvalue weighted by molar-refractivity contribution is 5.01. The summed E-state index contributed by atoms with van der Waals surface area (Å²) < 4.78 is 0. The van der Waals surface area contributed by atoms with Crippen LogP contribution in [0.15, 0.2) is 0 Å². The van der Waals surface area contributed by atoms with E-state index in [0.717, 1.165) is 18.5 Å². The van der Waals surface area contributed by atoms with Crippen LogP contribution in [0, 0.1) is 11.3 Å². The molecule has 0 aromatic carbocycles. The van der Waals surface area contributed by atoms with Crippen LogP contribution in [0.25, 0.3) is 0 Å². The molecule has 0 heterocycles. The molecule has 1 heteroatoms. The summed E-state index contributed by atoms with van der Waals surface area (Å²) in [5, 5.41) is 3.63. The van der Waals surface area contributed by atoms with E-state index in [-0.39, 0.29) is 0 Å². The molecule has 78 valence electrons. The van der Waals surface area contributed by atoms with E-state index in [1.165, 1.54) is 25.7 Å². The van der Waals surface area contributed by atoms with E-state index in [9.17, 15) is 0 Å². The maximum absolute atomic E-state index is 3.63. The maximum atomic E-state index is 3.63. The second-order valence-corrected chi connectivity index (χ2v) is 5.11. The SMILES string of the molecule is CCCCC(NCC)C1CC1(C)C. The van der Waals surface area contributed by atoms with Crippen LogP contribution < -0.4 is 5.32 Å². The molecular weight excluding hydrogens is 158 g/mol. The molecule has 0 radical (unpaired) electrons. The predicted octanol–water partition coefficient (Wildman–Crippen LogP) is 3.20. The lowest BCUT2D eigenvalue weighted by molar-refractivity contribution is 0.383. The highest BCUT2D eigenvalue weighted by atomic mass is 14.9. The number of hydrogen-bond acceptors (Lipinski definition) is 1. The lowest BCUT2D eigenvalue weighted by Gasteiger charge is -2.19. The molecule has 2 unspecified atom stereocenters. The molecule has 0 aromatic heterocycles. The zero-order valence-corrected chi connectivity index (χ0v) is 9.69. The van der Waals surface area contributed by atoms with Crippen LogP contribution in [-0.4, -0.2) is 12.6 Å². The van der Waals surface area contributed by atoms with E-state index in [1.54, 1.807) is 0 Å². The van der Waals surface area contributed by atoms with E-state index >= 15 is 0 Å². The summed E-state index contributed by atoms with van der Waals surface area (Å²) in [7, 11) is 0. The Bertz CT molecular complexity index is 151. The highest BCUT2D eigenvalue weighted by Crippen LogP contribution is 2.54. The average Bonchev–Trinajstić information content (AvgIpc) is 2.69. The first-order valence-electron chi connectivity index (χ1n) is 5.85. The third kappa shape index (κ3) is 2.98. The lowest BCUT2D eigenvalue weighted by Crippen LogP contribution is -2.32. The van der Waals surface area contributed by atoms with Crippen molar-refractivity contribution in [1.29, 1.82) is 0 Å². The molecule has 1 N–H and O–H groups in total. The van der Waals surface area contributed by atoms with Crippen molar-refractivity contribution in [2.75, 3.05) is 6.54 Å². The fourth-order valence-corrected chi connectivity index (χ4v) is 2.33. The summed E-state index contributed by atoms with van der Waals surface area (Å²) in [5.74, 6) is 0.944. The summed E-state index contributed by atoms with van der Waals surface area (Å²) in [6.07, 6.45) is 5.51. The minimum atomic E-state index is 0.626. The largest absolute Gasteiger partial charge is 0.314 e. The van der Waals surface area contributed by atoms with Crippen molar-refractivity contribution < 1.29 is 0 Å². The number of hydrogen-bond donors (Lipinski definition) is 1. The molecular formula is C12H25N. The van der Waals surface area contributed by atoms with Crippen molar-refractivity contribution in [1.82, 2.24) is 5.32 Å². The molecule has 0 aromatic rings. The van der Waals surface area contributed by atoms with Gasteiger partial charge in [0.25, 0.3) is 0 Å². The normalized spacial score (nSPS) is 27.2. The maximum Gasteiger partial charge on any atom is 0.0100 e. The van der Waals surface area contributed by atoms with Crippen molar-refractivity contribution in [2.45, 2.75) is 59.4 Å². The highest BCUT2D eigenvalue weighted by Gasteiger charge is 2.49. The van der Waals surface area contributed by atoms with Gasteiger partial charge in [-0.05, 0) is 30.7 Å². The number of nitrogens with one attached hydrogen (secondary N) is 1. The molecule has 1 rings (SSSR count). The van der Waals surface area contributed by atoms with E-state index in [2.05, 4.69) is 33.0 Å². The van der Waals surface area contributed by atoms with Gasteiger partial charge in [-0.2, -0.15) is 0 Å². The van der Waals surface area contributed by atoms with Crippen LogP contribution in [0.4, 0.5) is 0 Å². The molecule has 1 nitrogen and oxygen atoms in total. The van der Waals surface area contributed by atoms with Crippen LogP contribution >= 0.6 is 0 Å². The topological polar surface area (TPSA) is 12.0 Å². The molecule has 1 fully saturated rings. The summed E-state index contributed by atoms with van der Waals surface area (Å²) in [6.45, 7) is 10.4. The van der Waals surface area contributed by atoms with Crippen LogP contribution in [0.2, 0.25) is 0 Å². The van der Waals surface area contributed by atoms with Crippen molar-refractivity contribution in [3.05, 3.63) is 0 Å². The molecule has 0 spiro atoms. The van der Waals surface area contributed by atoms with Gasteiger partial charge in [0.05, 0.1) is 0 Å². The Hall–Kier alpha value is -0.0400. The van der Waals surface area contributed by atoms with Gasteiger partial charge >= 0.3 is 0 Å². The second kappa shape index (κ2) is 4.45. The van der Waals surface area contributed by atoms with Crippen LogP contribution in [0.1, 0.15) is 53.4 Å². The van der Waals surface area contributed by atoms with E-state index in [1.807, 2.05) is 0 Å². The predicted molar refractivity (Wildman–Crippen MR) is 58.9 cm³/mol. The smallest absolute Gasteiger partial charge is 0.0100 e. The number of rotatable bonds is 6. The average molecular weight is 183 g/mol. The molecule has 0 bridgehead atoms. The Morgan fingerprint density at radius 3 is 2.38 bits per heavy atom. The van der Waals surface area contributed by atoms with Crippen molar-refractivity contribution in [3.63, 3.8) is 0 Å². The third-order valence-electron chi connectivity index (χ3n) is 3.41. The molecule has 0 aliphatic heterocycles. The van der Waals surface area contributed by atoms with Gasteiger partial charge in [0.2, 0.25) is 0 Å². The van der Waals surface area contributed by atoms with Gasteiger partial charge in [-0.3, -0.25) is 0 Å². The molecule has 1 saturated carbocycles. The molecule has 2 atom stereocenters. The first kappa shape index (κ1) is 11.0. The molecule has 1 aliphatic rings. The summed E-state index contributed by atoms with van der Waals surface area (Å²) >= 11 is 0. The Balaban J connectivity index is 2.31. The van der Waals surface area contributed by atoms with E-state index in [4.69, 9.17) is 0 Å². The lowest BCUT2D eigenvalue weighted by atomic mass is 9.99. The van der Waals surface area contributed by atoms with Crippen molar-refractivity contribution in [2.24, 2.45) is 11.3 Å². The Kier molecular flexibility index (Phi) is 3.78. The van der Waals surface area contributed by atoms with Gasteiger partial charge in [-0.15, -0.1) is 0 Å². The molecule has 0 saturated heterocycles. The Labute approximate surface area is 83.3 Å². The first-order chi connectivity index (χ1) is 6.11. The van der Waals surface area contributed by atoms with Crippen LogP contribution in [-0.2, 0) is 0 Å². The Morgan fingerprint density at radius 1 is 1.38 bits per heavy atom.